The molecule has 0 saturated carbocycles. The summed E-state index contributed by atoms with van der Waals surface area (Å²) < 4.78 is 45.3. The molecule has 1 amide bonds. The van der Waals surface area contributed by atoms with Gasteiger partial charge in [0.15, 0.2) is 11.9 Å². The number of rotatable bonds is 4. The third-order valence-corrected chi connectivity index (χ3v) is 5.35. The number of nitrogens with zero attached hydrogens (tertiary/aromatic N) is 2. The van der Waals surface area contributed by atoms with Crippen molar-refractivity contribution in [2.45, 2.75) is 24.9 Å². The fourth-order valence-electron chi connectivity index (χ4n) is 3.59. The number of carbonyl (C=O) groups is 1. The monoisotopic (exact) mass is 459 g/mol. The molecule has 4 N–H and O–H groups in total. The quantitative estimate of drug-likeness (QED) is 0.552. The van der Waals surface area contributed by atoms with Crippen LogP contribution in [0.5, 0.6) is 11.5 Å². The molecule has 2 heterocycles. The Morgan fingerprint density at radius 2 is 1.85 bits per heavy atom. The number of aliphatic hydroxyl groups excluding tert-OH is 2. The summed E-state index contributed by atoms with van der Waals surface area (Å²) in [6.07, 6.45) is -7.86. The van der Waals surface area contributed by atoms with E-state index in [0.717, 1.165) is 12.1 Å². The number of aromatic nitrogens is 1. The molecule has 3 aromatic rings. The van der Waals surface area contributed by atoms with Crippen LogP contribution in [0, 0.1) is 0 Å². The molecule has 0 fully saturated rings. The zero-order chi connectivity index (χ0) is 23.9. The molecule has 1 aliphatic heterocycles. The molecule has 1 aromatic heterocycles. The predicted octanol–water partition coefficient (Wildman–Crippen LogP) is 3.39. The molecule has 7 nitrogen and oxygen atoms in total. The van der Waals surface area contributed by atoms with Crippen molar-refractivity contribution >= 4 is 11.6 Å². The molecule has 0 aliphatic carbocycles. The van der Waals surface area contributed by atoms with Gasteiger partial charge in [-0.15, -0.1) is 0 Å². The molecule has 0 saturated heterocycles. The van der Waals surface area contributed by atoms with Gasteiger partial charge in [-0.2, -0.15) is 13.2 Å². The Balaban J connectivity index is 1.67. The average Bonchev–Trinajstić information content (AvgIpc) is 2.92. The third-order valence-electron chi connectivity index (χ3n) is 5.35. The van der Waals surface area contributed by atoms with Gasteiger partial charge in [-0.25, -0.2) is 4.98 Å². The Hall–Kier alpha value is -3.63. The van der Waals surface area contributed by atoms with E-state index >= 15 is 0 Å². The number of hydrogen-bond donors (Lipinski definition) is 3. The van der Waals surface area contributed by atoms with Crippen LogP contribution in [0.4, 0.5) is 18.9 Å². The third kappa shape index (κ3) is 4.48. The van der Waals surface area contributed by atoms with E-state index < -0.39 is 29.9 Å². The highest BCUT2D eigenvalue weighted by molar-refractivity contribution is 5.79. The van der Waals surface area contributed by atoms with E-state index in [2.05, 4.69) is 4.98 Å². The normalized spacial score (nSPS) is 15.0. The number of primary amides is 1. The Labute approximate surface area is 186 Å². The van der Waals surface area contributed by atoms with Gasteiger partial charge < -0.3 is 25.6 Å². The summed E-state index contributed by atoms with van der Waals surface area (Å²) in [6, 6.07) is 13.3. The number of nitrogens with two attached hydrogens (primary N) is 1. The largest absolute Gasteiger partial charge is 0.455 e. The minimum Gasteiger partial charge on any atom is -0.455 e. The lowest BCUT2D eigenvalue weighted by Crippen LogP contribution is -2.34. The summed E-state index contributed by atoms with van der Waals surface area (Å²) in [5.74, 6) is -0.279. The minimum absolute atomic E-state index is 0.0641. The van der Waals surface area contributed by atoms with E-state index in [1.165, 1.54) is 12.1 Å². The molecule has 33 heavy (non-hydrogen) atoms. The highest BCUT2D eigenvalue weighted by atomic mass is 19.4. The standard InChI is InChI=1S/C23H20F3N3O4/c1-29-11-13-9-12(15-3-2-4-16(28-15)20(30)21(31)22(27)32)5-7-18(13)33-19-8-6-14(10-17(19)29)23(24,25)26/h2-10,20-21,30-31H,11H2,1H3,(H2,27,32)/t20-,21+/m0/s1. The van der Waals surface area contributed by atoms with Gasteiger partial charge >= 0.3 is 6.18 Å². The van der Waals surface area contributed by atoms with Crippen molar-refractivity contribution < 1.29 is 32.9 Å². The van der Waals surface area contributed by atoms with Crippen molar-refractivity contribution in [1.29, 1.82) is 0 Å². The van der Waals surface area contributed by atoms with Gasteiger partial charge in [0.25, 0.3) is 0 Å². The first-order valence-electron chi connectivity index (χ1n) is 9.90. The lowest BCUT2D eigenvalue weighted by molar-refractivity contribution is -0.137. The fraction of sp³-hybridized carbons (Fsp3) is 0.217. The maximum atomic E-state index is 13.1. The summed E-state index contributed by atoms with van der Waals surface area (Å²) in [7, 11) is 1.67. The Morgan fingerprint density at radius 3 is 2.55 bits per heavy atom. The van der Waals surface area contributed by atoms with E-state index in [0.29, 0.717) is 34.0 Å². The summed E-state index contributed by atoms with van der Waals surface area (Å²) >= 11 is 0. The lowest BCUT2D eigenvalue weighted by Gasteiger charge is -2.19. The second-order valence-electron chi connectivity index (χ2n) is 7.70. The van der Waals surface area contributed by atoms with Gasteiger partial charge in [-0.05, 0) is 48.5 Å². The van der Waals surface area contributed by atoms with Crippen LogP contribution in [-0.2, 0) is 17.5 Å². The number of fused-ring (bicyclic) bond motifs is 2. The van der Waals surface area contributed by atoms with Crippen LogP contribution in [0.25, 0.3) is 11.3 Å². The zero-order valence-electron chi connectivity index (χ0n) is 17.4. The molecular weight excluding hydrogens is 439 g/mol. The summed E-state index contributed by atoms with van der Waals surface area (Å²) in [5, 5.41) is 19.9. The first kappa shape index (κ1) is 22.6. The van der Waals surface area contributed by atoms with E-state index in [1.54, 1.807) is 42.3 Å². The Kier molecular flexibility index (Phi) is 5.73. The second-order valence-corrected chi connectivity index (χ2v) is 7.70. The van der Waals surface area contributed by atoms with Crippen LogP contribution in [-0.4, -0.2) is 34.3 Å². The number of ether oxygens (including phenoxy) is 1. The SMILES string of the molecule is CN1Cc2cc(-c3cccc([C@H](O)[C@@H](O)C(N)=O)n3)ccc2Oc2ccc(C(F)(F)F)cc21. The van der Waals surface area contributed by atoms with Crippen molar-refractivity contribution in [3.63, 3.8) is 0 Å². The zero-order valence-corrected chi connectivity index (χ0v) is 17.4. The van der Waals surface area contributed by atoms with E-state index in [-0.39, 0.29) is 12.2 Å². The van der Waals surface area contributed by atoms with Crippen molar-refractivity contribution in [3.8, 4) is 22.8 Å². The average molecular weight is 459 g/mol. The number of pyridine rings is 1. The van der Waals surface area contributed by atoms with Crippen LogP contribution < -0.4 is 15.4 Å². The molecule has 4 rings (SSSR count). The number of benzene rings is 2. The molecule has 2 aromatic carbocycles. The number of anilines is 1. The number of aliphatic hydroxyl groups is 2. The molecule has 0 radical (unpaired) electrons. The van der Waals surface area contributed by atoms with Crippen molar-refractivity contribution in [2.24, 2.45) is 5.73 Å². The first-order valence-corrected chi connectivity index (χ1v) is 9.90. The molecule has 0 bridgehead atoms. The van der Waals surface area contributed by atoms with Gasteiger partial charge in [0, 0.05) is 24.7 Å². The van der Waals surface area contributed by atoms with Crippen LogP contribution in [0.1, 0.15) is 22.9 Å². The molecule has 0 unspecified atom stereocenters. The minimum atomic E-state index is -4.47. The Morgan fingerprint density at radius 1 is 1.12 bits per heavy atom. The highest BCUT2D eigenvalue weighted by Crippen LogP contribution is 2.42. The van der Waals surface area contributed by atoms with Crippen molar-refractivity contribution in [1.82, 2.24) is 4.98 Å². The molecule has 172 valence electrons. The molecule has 10 heteroatoms. The van der Waals surface area contributed by atoms with Gasteiger partial charge in [0.05, 0.1) is 22.6 Å². The van der Waals surface area contributed by atoms with E-state index in [9.17, 15) is 28.2 Å². The van der Waals surface area contributed by atoms with Crippen LogP contribution in [0.2, 0.25) is 0 Å². The molecular formula is C23H20F3N3O4. The topological polar surface area (TPSA) is 109 Å². The Bertz CT molecular complexity index is 1220. The first-order chi connectivity index (χ1) is 15.5. The van der Waals surface area contributed by atoms with Crippen LogP contribution >= 0.6 is 0 Å². The smallest absolute Gasteiger partial charge is 0.416 e. The van der Waals surface area contributed by atoms with Crippen molar-refractivity contribution in [3.05, 3.63) is 71.4 Å². The number of halogens is 3. The van der Waals surface area contributed by atoms with Gasteiger partial charge in [-0.1, -0.05) is 6.07 Å². The molecule has 0 spiro atoms. The number of alkyl halides is 3. The summed E-state index contributed by atoms with van der Waals surface area (Å²) in [6.45, 7) is 0.278. The maximum absolute atomic E-state index is 13.1. The second kappa shape index (κ2) is 8.38. The highest BCUT2D eigenvalue weighted by Gasteiger charge is 2.32. The number of carbonyl (C=O) groups excluding carboxylic acids is 1. The van der Waals surface area contributed by atoms with E-state index in [1.807, 2.05) is 0 Å². The van der Waals surface area contributed by atoms with Gasteiger partial charge in [0.2, 0.25) is 5.91 Å². The molecule has 1 aliphatic rings. The van der Waals surface area contributed by atoms with Crippen molar-refractivity contribution in [2.75, 3.05) is 11.9 Å². The number of hydrogen-bond acceptors (Lipinski definition) is 6. The predicted molar refractivity (Wildman–Crippen MR) is 113 cm³/mol. The summed E-state index contributed by atoms with van der Waals surface area (Å²) in [4.78, 5) is 17.1. The van der Waals surface area contributed by atoms with Gasteiger partial charge in [0.1, 0.15) is 11.9 Å². The number of amides is 1. The van der Waals surface area contributed by atoms with Gasteiger partial charge in [-0.3, -0.25) is 4.79 Å². The lowest BCUT2D eigenvalue weighted by atomic mass is 10.0. The van der Waals surface area contributed by atoms with E-state index in [4.69, 9.17) is 10.5 Å². The van der Waals surface area contributed by atoms with Crippen LogP contribution in [0.15, 0.2) is 54.6 Å². The fourth-order valence-corrected chi connectivity index (χ4v) is 3.59. The maximum Gasteiger partial charge on any atom is 0.416 e. The van der Waals surface area contributed by atoms with Crippen LogP contribution in [0.3, 0.4) is 0 Å². The molecule has 2 atom stereocenters. The summed E-state index contributed by atoms with van der Waals surface area (Å²) in [5.41, 5.74) is 6.47.